The monoisotopic (exact) mass is 291 g/mol. The number of rotatable bonds is 1. The summed E-state index contributed by atoms with van der Waals surface area (Å²) in [5.41, 5.74) is 10.1. The van der Waals surface area contributed by atoms with E-state index in [4.69, 9.17) is 11.0 Å². The van der Waals surface area contributed by atoms with Gasteiger partial charge in [0.05, 0.1) is 11.9 Å². The summed E-state index contributed by atoms with van der Waals surface area (Å²) in [6.07, 6.45) is 1.47. The van der Waals surface area contributed by atoms with Crippen LogP contribution < -0.4 is 5.73 Å². The molecule has 0 bridgehead atoms. The van der Waals surface area contributed by atoms with E-state index in [0.717, 1.165) is 11.3 Å². The standard InChI is InChI=1S/C17H17N5/c1-17(2,3)13-6-4-11(5-7-13)14-8-15-20-10-12(9-18)16(19)22(15)21-14/h4-8,10H,19H2,1-3H3. The number of hydrogen-bond acceptors (Lipinski definition) is 4. The number of nitrogens with two attached hydrogens (primary N) is 1. The molecule has 0 fully saturated rings. The van der Waals surface area contributed by atoms with Gasteiger partial charge in [0.25, 0.3) is 0 Å². The summed E-state index contributed by atoms with van der Waals surface area (Å²) in [5.74, 6) is 0.310. The highest BCUT2D eigenvalue weighted by Crippen LogP contribution is 2.26. The third kappa shape index (κ3) is 2.29. The average molecular weight is 291 g/mol. The molecule has 3 rings (SSSR count). The van der Waals surface area contributed by atoms with E-state index < -0.39 is 0 Å². The summed E-state index contributed by atoms with van der Waals surface area (Å²) in [6.45, 7) is 6.54. The Labute approximate surface area is 129 Å². The van der Waals surface area contributed by atoms with Crippen molar-refractivity contribution in [1.29, 1.82) is 5.26 Å². The number of hydrogen-bond donors (Lipinski definition) is 1. The highest BCUT2D eigenvalue weighted by Gasteiger charge is 2.14. The molecule has 0 amide bonds. The molecule has 0 saturated heterocycles. The van der Waals surface area contributed by atoms with Gasteiger partial charge in [0.1, 0.15) is 17.5 Å². The normalized spacial score (nSPS) is 11.5. The minimum absolute atomic E-state index is 0.116. The van der Waals surface area contributed by atoms with Crippen LogP contribution in [0, 0.1) is 11.3 Å². The van der Waals surface area contributed by atoms with E-state index in [1.165, 1.54) is 16.3 Å². The quantitative estimate of drug-likeness (QED) is 0.747. The lowest BCUT2D eigenvalue weighted by molar-refractivity contribution is 0.590. The number of fused-ring (bicyclic) bond motifs is 1. The zero-order chi connectivity index (χ0) is 15.9. The van der Waals surface area contributed by atoms with E-state index in [-0.39, 0.29) is 5.41 Å². The fourth-order valence-electron chi connectivity index (χ4n) is 2.32. The van der Waals surface area contributed by atoms with E-state index in [1.54, 1.807) is 0 Å². The number of anilines is 1. The minimum Gasteiger partial charge on any atom is -0.382 e. The third-order valence-electron chi connectivity index (χ3n) is 3.69. The van der Waals surface area contributed by atoms with Gasteiger partial charge in [-0.05, 0) is 11.0 Å². The Kier molecular flexibility index (Phi) is 3.10. The van der Waals surface area contributed by atoms with Crippen LogP contribution in [0.5, 0.6) is 0 Å². The molecule has 0 radical (unpaired) electrons. The summed E-state index contributed by atoms with van der Waals surface area (Å²) < 4.78 is 1.51. The molecule has 1 aromatic carbocycles. The number of aromatic nitrogens is 3. The molecule has 2 heterocycles. The second-order valence-corrected chi connectivity index (χ2v) is 6.30. The molecule has 0 aliphatic carbocycles. The summed E-state index contributed by atoms with van der Waals surface area (Å²) in [7, 11) is 0. The first kappa shape index (κ1) is 14.1. The van der Waals surface area contributed by atoms with Crippen LogP contribution in [0.1, 0.15) is 31.9 Å². The maximum absolute atomic E-state index is 9.00. The molecule has 0 aliphatic rings. The minimum atomic E-state index is 0.116. The van der Waals surface area contributed by atoms with Crippen molar-refractivity contribution in [2.45, 2.75) is 26.2 Å². The van der Waals surface area contributed by atoms with Gasteiger partial charge in [-0.3, -0.25) is 0 Å². The second-order valence-electron chi connectivity index (χ2n) is 6.30. The molecular formula is C17H17N5. The highest BCUT2D eigenvalue weighted by atomic mass is 15.3. The largest absolute Gasteiger partial charge is 0.382 e. The zero-order valence-corrected chi connectivity index (χ0v) is 12.8. The SMILES string of the molecule is CC(C)(C)c1ccc(-c2cc3ncc(C#N)c(N)n3n2)cc1. The van der Waals surface area contributed by atoms with Gasteiger partial charge in [-0.15, -0.1) is 0 Å². The Morgan fingerprint density at radius 3 is 2.45 bits per heavy atom. The van der Waals surface area contributed by atoms with Crippen LogP contribution in [0.2, 0.25) is 0 Å². The van der Waals surface area contributed by atoms with Gasteiger partial charge < -0.3 is 5.73 Å². The van der Waals surface area contributed by atoms with Gasteiger partial charge in [-0.2, -0.15) is 14.9 Å². The first-order chi connectivity index (χ1) is 10.4. The first-order valence-electron chi connectivity index (χ1n) is 7.05. The lowest BCUT2D eigenvalue weighted by atomic mass is 9.86. The van der Waals surface area contributed by atoms with Crippen LogP contribution in [-0.4, -0.2) is 14.6 Å². The smallest absolute Gasteiger partial charge is 0.157 e. The van der Waals surface area contributed by atoms with E-state index in [2.05, 4.69) is 43.0 Å². The van der Waals surface area contributed by atoms with Crippen molar-refractivity contribution in [2.75, 3.05) is 5.73 Å². The van der Waals surface area contributed by atoms with Crippen molar-refractivity contribution in [3.8, 4) is 17.3 Å². The molecule has 0 saturated carbocycles. The van der Waals surface area contributed by atoms with E-state index in [9.17, 15) is 0 Å². The van der Waals surface area contributed by atoms with Crippen LogP contribution in [0.4, 0.5) is 5.82 Å². The fraction of sp³-hybridized carbons (Fsp3) is 0.235. The Balaban J connectivity index is 2.08. The molecule has 5 nitrogen and oxygen atoms in total. The summed E-state index contributed by atoms with van der Waals surface area (Å²) in [4.78, 5) is 4.21. The van der Waals surface area contributed by atoms with E-state index in [1.807, 2.05) is 24.3 Å². The number of nitriles is 1. The predicted octanol–water partition coefficient (Wildman–Crippen LogP) is 3.15. The summed E-state index contributed by atoms with van der Waals surface area (Å²) >= 11 is 0. The molecule has 3 aromatic rings. The third-order valence-corrected chi connectivity index (χ3v) is 3.69. The van der Waals surface area contributed by atoms with E-state index in [0.29, 0.717) is 17.0 Å². The van der Waals surface area contributed by atoms with Crippen LogP contribution in [0.3, 0.4) is 0 Å². The topological polar surface area (TPSA) is 80.0 Å². The zero-order valence-electron chi connectivity index (χ0n) is 12.8. The molecule has 5 heteroatoms. The van der Waals surface area contributed by atoms with Crippen molar-refractivity contribution < 1.29 is 0 Å². The molecule has 22 heavy (non-hydrogen) atoms. The van der Waals surface area contributed by atoms with Crippen LogP contribution >= 0.6 is 0 Å². The second kappa shape index (κ2) is 4.85. The van der Waals surface area contributed by atoms with Gasteiger partial charge in [0.15, 0.2) is 5.65 Å². The maximum atomic E-state index is 9.00. The molecule has 0 aliphatic heterocycles. The van der Waals surface area contributed by atoms with Crippen molar-refractivity contribution in [3.63, 3.8) is 0 Å². The van der Waals surface area contributed by atoms with Gasteiger partial charge >= 0.3 is 0 Å². The molecule has 2 N–H and O–H groups in total. The molecule has 0 atom stereocenters. The molecule has 110 valence electrons. The maximum Gasteiger partial charge on any atom is 0.157 e. The van der Waals surface area contributed by atoms with Gasteiger partial charge in [0, 0.05) is 11.6 Å². The van der Waals surface area contributed by atoms with Crippen LogP contribution in [-0.2, 0) is 5.41 Å². The number of nitrogens with zero attached hydrogens (tertiary/aromatic N) is 4. The lowest BCUT2D eigenvalue weighted by Gasteiger charge is -2.18. The van der Waals surface area contributed by atoms with E-state index >= 15 is 0 Å². The van der Waals surface area contributed by atoms with Crippen molar-refractivity contribution >= 4 is 11.5 Å². The Morgan fingerprint density at radius 1 is 1.18 bits per heavy atom. The Hall–Kier alpha value is -2.87. The van der Waals surface area contributed by atoms with Gasteiger partial charge in [0.2, 0.25) is 0 Å². The fourth-order valence-corrected chi connectivity index (χ4v) is 2.32. The molecule has 0 unspecified atom stereocenters. The molecular weight excluding hydrogens is 274 g/mol. The average Bonchev–Trinajstić information content (AvgIpc) is 2.92. The molecule has 2 aromatic heterocycles. The van der Waals surface area contributed by atoms with Crippen LogP contribution in [0.15, 0.2) is 36.5 Å². The lowest BCUT2D eigenvalue weighted by Crippen LogP contribution is -2.10. The first-order valence-corrected chi connectivity index (χ1v) is 7.05. The van der Waals surface area contributed by atoms with Gasteiger partial charge in [-0.25, -0.2) is 4.98 Å². The van der Waals surface area contributed by atoms with Crippen molar-refractivity contribution in [2.24, 2.45) is 0 Å². The van der Waals surface area contributed by atoms with Crippen LogP contribution in [0.25, 0.3) is 16.9 Å². The molecule has 0 spiro atoms. The predicted molar refractivity (Wildman–Crippen MR) is 86.3 cm³/mol. The number of nitrogen functional groups attached to an aromatic ring is 1. The summed E-state index contributed by atoms with van der Waals surface area (Å²) in [6, 6.07) is 12.2. The van der Waals surface area contributed by atoms with Crippen molar-refractivity contribution in [1.82, 2.24) is 14.6 Å². The number of benzene rings is 1. The Morgan fingerprint density at radius 2 is 1.86 bits per heavy atom. The van der Waals surface area contributed by atoms with Crippen molar-refractivity contribution in [3.05, 3.63) is 47.7 Å². The summed E-state index contributed by atoms with van der Waals surface area (Å²) in [5, 5.41) is 13.5. The highest BCUT2D eigenvalue weighted by molar-refractivity contribution is 5.66. The Bertz CT molecular complexity index is 876. The van der Waals surface area contributed by atoms with Gasteiger partial charge in [-0.1, -0.05) is 45.0 Å².